The predicted molar refractivity (Wildman–Crippen MR) is 73.5 cm³/mol. The van der Waals surface area contributed by atoms with E-state index in [2.05, 4.69) is 27.6 Å². The first kappa shape index (κ1) is 11.2. The minimum absolute atomic E-state index is 0.619. The zero-order valence-corrected chi connectivity index (χ0v) is 11.4. The number of nitrogens with zero attached hydrogens (tertiary/aromatic N) is 1. The Labute approximate surface area is 111 Å². The number of hydrogen-bond donors (Lipinski definition) is 1. The summed E-state index contributed by atoms with van der Waals surface area (Å²) in [6, 6.07) is 5.91. The van der Waals surface area contributed by atoms with Gasteiger partial charge < -0.3 is 5.73 Å². The summed E-state index contributed by atoms with van der Waals surface area (Å²) >= 11 is 9.70. The molecule has 0 bridgehead atoms. The van der Waals surface area contributed by atoms with Crippen molar-refractivity contribution in [2.75, 3.05) is 5.73 Å². The Morgan fingerprint density at radius 3 is 2.87 bits per heavy atom. The summed E-state index contributed by atoms with van der Waals surface area (Å²) in [5.41, 5.74) is 6.83. The highest BCUT2D eigenvalue weighted by atomic mass is 127. The molecule has 1 aromatic heterocycles. The zero-order chi connectivity index (χ0) is 10.8. The van der Waals surface area contributed by atoms with E-state index in [1.807, 2.05) is 24.4 Å². The summed E-state index contributed by atoms with van der Waals surface area (Å²) in [5.74, 6) is 0. The van der Waals surface area contributed by atoms with E-state index >= 15 is 0 Å². The van der Waals surface area contributed by atoms with Gasteiger partial charge in [0, 0.05) is 26.1 Å². The van der Waals surface area contributed by atoms with E-state index in [1.165, 1.54) is 25.3 Å². The third-order valence-corrected chi connectivity index (χ3v) is 4.02. The van der Waals surface area contributed by atoms with Crippen molar-refractivity contribution in [3.05, 3.63) is 43.4 Å². The fourth-order valence-electron chi connectivity index (χ4n) is 1.26. The predicted octanol–water partition coefficient (Wildman–Crippen LogP) is 3.57. The van der Waals surface area contributed by atoms with Crippen LogP contribution >= 0.6 is 45.5 Å². The second-order valence-corrected chi connectivity index (χ2v) is 5.82. The minimum Gasteiger partial charge on any atom is -0.375 e. The van der Waals surface area contributed by atoms with Crippen molar-refractivity contribution < 1.29 is 0 Å². The van der Waals surface area contributed by atoms with Crippen LogP contribution in [0.4, 0.5) is 5.13 Å². The summed E-state index contributed by atoms with van der Waals surface area (Å²) in [6.45, 7) is 0. The lowest BCUT2D eigenvalue weighted by Gasteiger charge is -2.02. The van der Waals surface area contributed by atoms with Crippen molar-refractivity contribution in [1.82, 2.24) is 4.98 Å². The SMILES string of the molecule is Nc1ncc(Cc2ccc(Cl)cc2I)s1. The Morgan fingerprint density at radius 2 is 2.27 bits per heavy atom. The molecule has 0 saturated carbocycles. The normalized spacial score (nSPS) is 10.5. The molecular weight excluding hydrogens is 343 g/mol. The van der Waals surface area contributed by atoms with Crippen LogP contribution in [0.5, 0.6) is 0 Å². The van der Waals surface area contributed by atoms with Gasteiger partial charge in [0.1, 0.15) is 0 Å². The van der Waals surface area contributed by atoms with Gasteiger partial charge in [-0.15, -0.1) is 11.3 Å². The highest BCUT2D eigenvalue weighted by Gasteiger charge is 2.04. The Hall–Kier alpha value is -0.330. The second kappa shape index (κ2) is 4.67. The second-order valence-electron chi connectivity index (χ2n) is 3.08. The highest BCUT2D eigenvalue weighted by Crippen LogP contribution is 2.23. The molecule has 2 rings (SSSR count). The van der Waals surface area contributed by atoms with E-state index in [0.717, 1.165) is 11.4 Å². The van der Waals surface area contributed by atoms with Crippen LogP contribution in [0, 0.1) is 3.57 Å². The maximum Gasteiger partial charge on any atom is 0.180 e. The molecule has 0 aliphatic heterocycles. The molecule has 0 fully saturated rings. The van der Waals surface area contributed by atoms with Crippen LogP contribution in [0.25, 0.3) is 0 Å². The molecule has 0 unspecified atom stereocenters. The molecule has 2 aromatic rings. The van der Waals surface area contributed by atoms with E-state index in [1.54, 1.807) is 0 Å². The lowest BCUT2D eigenvalue weighted by Crippen LogP contribution is -1.88. The Morgan fingerprint density at radius 1 is 1.47 bits per heavy atom. The van der Waals surface area contributed by atoms with E-state index in [4.69, 9.17) is 17.3 Å². The summed E-state index contributed by atoms with van der Waals surface area (Å²) in [5, 5.41) is 1.39. The first-order valence-corrected chi connectivity index (χ1v) is 6.56. The number of halogens is 2. The molecule has 1 aromatic carbocycles. The number of aromatic nitrogens is 1. The van der Waals surface area contributed by atoms with Crippen molar-refractivity contribution in [3.63, 3.8) is 0 Å². The van der Waals surface area contributed by atoms with E-state index in [-0.39, 0.29) is 0 Å². The molecule has 2 N–H and O–H groups in total. The number of rotatable bonds is 2. The van der Waals surface area contributed by atoms with Gasteiger partial charge in [0.25, 0.3) is 0 Å². The van der Waals surface area contributed by atoms with Gasteiger partial charge in [-0.1, -0.05) is 17.7 Å². The van der Waals surface area contributed by atoms with Crippen molar-refractivity contribution in [3.8, 4) is 0 Å². The van der Waals surface area contributed by atoms with Crippen LogP contribution in [-0.2, 0) is 6.42 Å². The van der Waals surface area contributed by atoms with E-state index in [0.29, 0.717) is 5.13 Å². The number of hydrogen-bond acceptors (Lipinski definition) is 3. The molecule has 0 spiro atoms. The molecule has 5 heteroatoms. The van der Waals surface area contributed by atoms with Crippen molar-refractivity contribution >= 4 is 50.7 Å². The molecule has 15 heavy (non-hydrogen) atoms. The van der Waals surface area contributed by atoms with Crippen LogP contribution in [0.1, 0.15) is 10.4 Å². The Bertz CT molecular complexity index is 484. The fourth-order valence-corrected chi connectivity index (χ4v) is 3.03. The quantitative estimate of drug-likeness (QED) is 0.841. The average molecular weight is 351 g/mol. The van der Waals surface area contributed by atoms with Gasteiger partial charge in [-0.2, -0.15) is 0 Å². The minimum atomic E-state index is 0.619. The zero-order valence-electron chi connectivity index (χ0n) is 7.71. The molecular formula is C10H8ClIN2S. The molecule has 0 aliphatic carbocycles. The Kier molecular flexibility index (Phi) is 3.48. The molecule has 2 nitrogen and oxygen atoms in total. The van der Waals surface area contributed by atoms with Crippen molar-refractivity contribution in [1.29, 1.82) is 0 Å². The summed E-state index contributed by atoms with van der Waals surface area (Å²) in [7, 11) is 0. The number of thiazole rings is 1. The van der Waals surface area contributed by atoms with Gasteiger partial charge >= 0.3 is 0 Å². The Balaban J connectivity index is 2.24. The van der Waals surface area contributed by atoms with Gasteiger partial charge in [0.15, 0.2) is 5.13 Å². The summed E-state index contributed by atoms with van der Waals surface area (Å²) < 4.78 is 1.17. The van der Waals surface area contributed by atoms with Gasteiger partial charge in [-0.25, -0.2) is 4.98 Å². The number of anilines is 1. The van der Waals surface area contributed by atoms with Gasteiger partial charge in [-0.3, -0.25) is 0 Å². The van der Waals surface area contributed by atoms with Crippen LogP contribution in [0.3, 0.4) is 0 Å². The fraction of sp³-hybridized carbons (Fsp3) is 0.100. The van der Waals surface area contributed by atoms with E-state index < -0.39 is 0 Å². The van der Waals surface area contributed by atoms with Gasteiger partial charge in [0.05, 0.1) is 0 Å². The van der Waals surface area contributed by atoms with Crippen LogP contribution in [0.2, 0.25) is 5.02 Å². The lowest BCUT2D eigenvalue weighted by atomic mass is 10.1. The van der Waals surface area contributed by atoms with Crippen LogP contribution < -0.4 is 5.73 Å². The monoisotopic (exact) mass is 350 g/mol. The van der Waals surface area contributed by atoms with Crippen LogP contribution in [0.15, 0.2) is 24.4 Å². The van der Waals surface area contributed by atoms with Crippen molar-refractivity contribution in [2.24, 2.45) is 0 Å². The van der Waals surface area contributed by atoms with E-state index in [9.17, 15) is 0 Å². The number of nitrogens with two attached hydrogens (primary N) is 1. The number of benzene rings is 1. The maximum absolute atomic E-state index is 5.89. The lowest BCUT2D eigenvalue weighted by molar-refractivity contribution is 1.20. The molecule has 78 valence electrons. The molecule has 0 amide bonds. The summed E-state index contributed by atoms with van der Waals surface area (Å²) in [6.07, 6.45) is 2.69. The van der Waals surface area contributed by atoms with Gasteiger partial charge in [-0.05, 0) is 40.3 Å². The van der Waals surface area contributed by atoms with Gasteiger partial charge in [0.2, 0.25) is 0 Å². The molecule has 1 heterocycles. The largest absolute Gasteiger partial charge is 0.375 e. The molecule has 0 radical (unpaired) electrons. The first-order chi connectivity index (χ1) is 7.15. The topological polar surface area (TPSA) is 38.9 Å². The first-order valence-electron chi connectivity index (χ1n) is 4.29. The molecule has 0 aliphatic rings. The van der Waals surface area contributed by atoms with Crippen molar-refractivity contribution in [2.45, 2.75) is 6.42 Å². The average Bonchev–Trinajstić information content (AvgIpc) is 2.56. The summed E-state index contributed by atoms with van der Waals surface area (Å²) in [4.78, 5) is 5.20. The van der Waals surface area contributed by atoms with Crippen LogP contribution in [-0.4, -0.2) is 4.98 Å². The standard InChI is InChI=1S/C10H8ClIN2S/c11-7-2-1-6(9(12)4-7)3-8-5-14-10(13)15-8/h1-2,4-5H,3H2,(H2,13,14). The highest BCUT2D eigenvalue weighted by molar-refractivity contribution is 14.1. The molecule has 0 atom stereocenters. The number of nitrogen functional groups attached to an aromatic ring is 1. The third-order valence-electron chi connectivity index (χ3n) is 1.95. The third kappa shape index (κ3) is 2.83. The molecule has 0 saturated heterocycles. The smallest absolute Gasteiger partial charge is 0.180 e. The maximum atomic E-state index is 5.89.